The van der Waals surface area contributed by atoms with E-state index in [-0.39, 0.29) is 18.0 Å². The van der Waals surface area contributed by atoms with Gasteiger partial charge in [0.1, 0.15) is 0 Å². The van der Waals surface area contributed by atoms with E-state index in [0.717, 1.165) is 12.1 Å². The van der Waals surface area contributed by atoms with Crippen LogP contribution in [-0.2, 0) is 15.8 Å². The minimum absolute atomic E-state index is 0.0612. The van der Waals surface area contributed by atoms with Crippen molar-refractivity contribution < 1.29 is 28.1 Å². The van der Waals surface area contributed by atoms with Crippen molar-refractivity contribution in [2.24, 2.45) is 0 Å². The molecular weight excluding hydrogens is 287 g/mol. The molecule has 0 saturated carbocycles. The maximum atomic E-state index is 12.6. The number of benzene rings is 1. The number of anilines is 1. The minimum Gasteiger partial charge on any atom is -0.345 e. The summed E-state index contributed by atoms with van der Waals surface area (Å²) in [5.41, 5.74) is -0.770. The van der Waals surface area contributed by atoms with Crippen LogP contribution < -0.4 is 16.0 Å². The Hall–Kier alpha value is -2.09. The second-order valence-electron chi connectivity index (χ2n) is 4.75. The molecule has 1 heterocycles. The van der Waals surface area contributed by atoms with E-state index in [0.29, 0.717) is 13.1 Å². The number of piperazine rings is 1. The van der Waals surface area contributed by atoms with Crippen LogP contribution in [0.3, 0.4) is 0 Å². The maximum Gasteiger partial charge on any atom is 0.416 e. The molecule has 0 aromatic heterocycles. The maximum absolute atomic E-state index is 12.6. The Bertz CT molecular complexity index is 546. The number of hydrogen-bond acceptors (Lipinski definition) is 2. The van der Waals surface area contributed by atoms with Crippen LogP contribution in [-0.4, -0.2) is 30.9 Å². The summed E-state index contributed by atoms with van der Waals surface area (Å²) in [5, 5.41) is 6.76. The van der Waals surface area contributed by atoms with Gasteiger partial charge in [0, 0.05) is 5.69 Å². The van der Waals surface area contributed by atoms with E-state index in [9.17, 15) is 22.8 Å². The lowest BCUT2D eigenvalue weighted by Gasteiger charge is -2.19. The third-order valence-corrected chi connectivity index (χ3v) is 3.11. The molecule has 4 N–H and O–H groups in total. The van der Waals surface area contributed by atoms with Gasteiger partial charge in [-0.1, -0.05) is 6.07 Å². The topological polar surface area (TPSA) is 74.8 Å². The van der Waals surface area contributed by atoms with E-state index in [1.165, 1.54) is 12.1 Å². The van der Waals surface area contributed by atoms with Gasteiger partial charge in [0.25, 0.3) is 5.91 Å². The van der Waals surface area contributed by atoms with Crippen molar-refractivity contribution in [2.75, 3.05) is 18.4 Å². The summed E-state index contributed by atoms with van der Waals surface area (Å²) < 4.78 is 37.7. The number of alkyl halides is 3. The average molecular weight is 302 g/mol. The Morgan fingerprint density at radius 2 is 2.19 bits per heavy atom. The Morgan fingerprint density at radius 1 is 1.43 bits per heavy atom. The van der Waals surface area contributed by atoms with Gasteiger partial charge in [-0.3, -0.25) is 9.59 Å². The first-order valence-corrected chi connectivity index (χ1v) is 6.44. The van der Waals surface area contributed by atoms with E-state index in [1.54, 1.807) is 5.32 Å². The van der Waals surface area contributed by atoms with Crippen molar-refractivity contribution in [3.05, 3.63) is 29.8 Å². The number of hydrogen-bond donors (Lipinski definition) is 3. The van der Waals surface area contributed by atoms with Crippen LogP contribution in [0.15, 0.2) is 24.3 Å². The second-order valence-corrected chi connectivity index (χ2v) is 4.75. The average Bonchev–Trinajstić information content (AvgIpc) is 2.41. The largest absolute Gasteiger partial charge is 0.416 e. The first kappa shape index (κ1) is 15.3. The molecule has 1 aromatic carbocycles. The first-order valence-electron chi connectivity index (χ1n) is 6.44. The molecule has 21 heavy (non-hydrogen) atoms. The molecule has 1 saturated heterocycles. The lowest BCUT2D eigenvalue weighted by Crippen LogP contribution is -2.96. The van der Waals surface area contributed by atoms with Crippen LogP contribution in [0.4, 0.5) is 18.9 Å². The summed E-state index contributed by atoms with van der Waals surface area (Å²) in [4.78, 5) is 23.3. The summed E-state index contributed by atoms with van der Waals surface area (Å²) >= 11 is 0. The van der Waals surface area contributed by atoms with Crippen molar-refractivity contribution in [3.63, 3.8) is 0 Å². The molecule has 0 bridgehead atoms. The standard InChI is InChI=1S/C13H14F3N3O2/c14-13(15,16)8-2-1-3-9(6-8)19-11(20)7-10-12(21)18-5-4-17-10/h1-3,6,10,17H,4-5,7H2,(H,18,21)(H,19,20)/p+1. The fourth-order valence-electron chi connectivity index (χ4n) is 2.08. The third-order valence-electron chi connectivity index (χ3n) is 3.11. The van der Waals surface area contributed by atoms with Crippen molar-refractivity contribution in [2.45, 2.75) is 18.6 Å². The minimum atomic E-state index is -4.46. The van der Waals surface area contributed by atoms with Gasteiger partial charge in [-0.05, 0) is 18.2 Å². The number of nitrogens with one attached hydrogen (secondary N) is 2. The molecule has 0 radical (unpaired) electrons. The van der Waals surface area contributed by atoms with Crippen molar-refractivity contribution in [1.29, 1.82) is 0 Å². The zero-order valence-electron chi connectivity index (χ0n) is 11.0. The molecular formula is C13H15F3N3O2+. The summed E-state index contributed by atoms with van der Waals surface area (Å²) in [5.74, 6) is -0.729. The molecule has 1 fully saturated rings. The summed E-state index contributed by atoms with van der Waals surface area (Å²) in [7, 11) is 0. The number of amides is 2. The quantitative estimate of drug-likeness (QED) is 0.740. The van der Waals surface area contributed by atoms with E-state index in [4.69, 9.17) is 0 Å². The van der Waals surface area contributed by atoms with E-state index in [2.05, 4.69) is 10.6 Å². The van der Waals surface area contributed by atoms with Crippen LogP contribution >= 0.6 is 0 Å². The van der Waals surface area contributed by atoms with Crippen LogP contribution in [0.25, 0.3) is 0 Å². The van der Waals surface area contributed by atoms with Gasteiger partial charge >= 0.3 is 6.18 Å². The van der Waals surface area contributed by atoms with Gasteiger partial charge in [-0.2, -0.15) is 13.2 Å². The zero-order chi connectivity index (χ0) is 15.5. The first-order chi connectivity index (χ1) is 9.86. The van der Waals surface area contributed by atoms with Gasteiger partial charge in [0.2, 0.25) is 5.91 Å². The highest BCUT2D eigenvalue weighted by atomic mass is 19.4. The lowest BCUT2D eigenvalue weighted by molar-refractivity contribution is -0.678. The smallest absolute Gasteiger partial charge is 0.345 e. The molecule has 1 unspecified atom stereocenters. The monoisotopic (exact) mass is 302 g/mol. The van der Waals surface area contributed by atoms with E-state index in [1.807, 2.05) is 0 Å². The van der Waals surface area contributed by atoms with E-state index < -0.39 is 23.7 Å². The molecule has 8 heteroatoms. The molecule has 2 rings (SSSR count). The molecule has 2 amide bonds. The fourth-order valence-corrected chi connectivity index (χ4v) is 2.08. The second kappa shape index (κ2) is 6.13. The fraction of sp³-hybridized carbons (Fsp3) is 0.385. The molecule has 1 aliphatic heterocycles. The number of rotatable bonds is 3. The van der Waals surface area contributed by atoms with Gasteiger partial charge in [0.05, 0.1) is 25.1 Å². The molecule has 5 nitrogen and oxygen atoms in total. The summed E-state index contributed by atoms with van der Waals surface area (Å²) in [6, 6.07) is 3.85. The summed E-state index contributed by atoms with van der Waals surface area (Å²) in [6.45, 7) is 1.22. The Labute approximate surface area is 118 Å². The summed E-state index contributed by atoms with van der Waals surface area (Å²) in [6.07, 6.45) is -4.54. The van der Waals surface area contributed by atoms with Crippen molar-refractivity contribution >= 4 is 17.5 Å². The Morgan fingerprint density at radius 3 is 2.86 bits per heavy atom. The lowest BCUT2D eigenvalue weighted by atomic mass is 10.1. The molecule has 114 valence electrons. The van der Waals surface area contributed by atoms with Crippen LogP contribution in [0.1, 0.15) is 12.0 Å². The Balaban J connectivity index is 1.98. The number of carbonyl (C=O) groups excluding carboxylic acids is 2. The molecule has 0 aliphatic carbocycles. The number of halogens is 3. The zero-order valence-corrected chi connectivity index (χ0v) is 11.0. The van der Waals surface area contributed by atoms with Crippen LogP contribution in [0, 0.1) is 0 Å². The molecule has 0 spiro atoms. The Kier molecular flexibility index (Phi) is 4.46. The van der Waals surface area contributed by atoms with Crippen LogP contribution in [0.2, 0.25) is 0 Å². The van der Waals surface area contributed by atoms with Gasteiger partial charge in [-0.15, -0.1) is 0 Å². The van der Waals surface area contributed by atoms with Crippen molar-refractivity contribution in [1.82, 2.24) is 5.32 Å². The van der Waals surface area contributed by atoms with Gasteiger partial charge < -0.3 is 16.0 Å². The highest BCUT2D eigenvalue weighted by Crippen LogP contribution is 2.30. The predicted molar refractivity (Wildman–Crippen MR) is 68.3 cm³/mol. The molecule has 1 atom stereocenters. The van der Waals surface area contributed by atoms with Gasteiger partial charge in [0.15, 0.2) is 6.04 Å². The molecule has 1 aromatic rings. The number of carbonyl (C=O) groups is 2. The van der Waals surface area contributed by atoms with Crippen molar-refractivity contribution in [3.8, 4) is 0 Å². The van der Waals surface area contributed by atoms with Gasteiger partial charge in [-0.25, -0.2) is 0 Å². The highest BCUT2D eigenvalue weighted by Gasteiger charge is 2.31. The third kappa shape index (κ3) is 4.19. The van der Waals surface area contributed by atoms with E-state index >= 15 is 0 Å². The predicted octanol–water partition coefficient (Wildman–Crippen LogP) is 0.0958. The number of nitrogens with two attached hydrogens (primary N) is 1. The number of quaternary nitrogens is 1. The van der Waals surface area contributed by atoms with Crippen LogP contribution in [0.5, 0.6) is 0 Å². The highest BCUT2D eigenvalue weighted by molar-refractivity contribution is 5.94. The normalized spacial score (nSPS) is 19.0. The SMILES string of the molecule is O=C(CC1[NH2+]CCNC1=O)Nc1cccc(C(F)(F)F)c1. The molecule has 1 aliphatic rings.